The van der Waals surface area contributed by atoms with Gasteiger partial charge in [-0.3, -0.25) is 4.90 Å². The lowest BCUT2D eigenvalue weighted by Crippen LogP contribution is -2.37. The van der Waals surface area contributed by atoms with Gasteiger partial charge in [0, 0.05) is 30.9 Å². The highest BCUT2D eigenvalue weighted by Gasteiger charge is 2.23. The molecule has 0 N–H and O–H groups in total. The van der Waals surface area contributed by atoms with Crippen LogP contribution in [0, 0.1) is 5.92 Å². The summed E-state index contributed by atoms with van der Waals surface area (Å²) in [6.07, 6.45) is 6.67. The number of aromatic nitrogens is 1. The molecule has 0 saturated heterocycles. The Kier molecular flexibility index (Phi) is 6.11. The fourth-order valence-electron chi connectivity index (χ4n) is 2.93. The maximum absolute atomic E-state index is 5.81. The summed E-state index contributed by atoms with van der Waals surface area (Å²) in [4.78, 5) is 7.26. The molecule has 1 aliphatic carbocycles. The highest BCUT2D eigenvalue weighted by Crippen LogP contribution is 2.24. The number of hydrogen-bond donors (Lipinski definition) is 0. The Morgan fingerprint density at radius 2 is 2.16 bits per heavy atom. The summed E-state index contributed by atoms with van der Waals surface area (Å²) < 4.78 is 0. The molecular formula is C15H25ClN2S. The average molecular weight is 301 g/mol. The van der Waals surface area contributed by atoms with Crippen molar-refractivity contribution in [3.63, 3.8) is 0 Å². The van der Waals surface area contributed by atoms with Crippen LogP contribution in [0.15, 0.2) is 5.38 Å². The van der Waals surface area contributed by atoms with E-state index in [-0.39, 0.29) is 0 Å². The Morgan fingerprint density at radius 3 is 2.74 bits per heavy atom. The topological polar surface area (TPSA) is 16.1 Å². The van der Waals surface area contributed by atoms with Crippen molar-refractivity contribution in [2.24, 2.45) is 5.92 Å². The predicted octanol–water partition coefficient (Wildman–Crippen LogP) is 4.33. The quantitative estimate of drug-likeness (QED) is 0.697. The zero-order valence-electron chi connectivity index (χ0n) is 12.1. The van der Waals surface area contributed by atoms with Crippen molar-refractivity contribution in [1.82, 2.24) is 9.88 Å². The third-order valence-electron chi connectivity index (χ3n) is 3.79. The molecule has 2 nitrogen and oxygen atoms in total. The van der Waals surface area contributed by atoms with E-state index in [1.165, 1.54) is 37.2 Å². The van der Waals surface area contributed by atoms with E-state index in [1.54, 1.807) is 11.3 Å². The Labute approximate surface area is 126 Å². The van der Waals surface area contributed by atoms with Crippen LogP contribution in [-0.2, 0) is 12.3 Å². The van der Waals surface area contributed by atoms with Gasteiger partial charge in [0.05, 0.1) is 16.6 Å². The fraction of sp³-hybridized carbons (Fsp3) is 0.800. The Balaban J connectivity index is 1.87. The lowest BCUT2D eigenvalue weighted by Gasteiger charge is -2.30. The Hall–Kier alpha value is -0.120. The molecule has 0 amide bonds. The summed E-state index contributed by atoms with van der Waals surface area (Å²) in [5.74, 6) is 1.28. The summed E-state index contributed by atoms with van der Waals surface area (Å²) in [6, 6.07) is 0.815. The second-order valence-electron chi connectivity index (χ2n) is 5.94. The van der Waals surface area contributed by atoms with Crippen LogP contribution in [0.1, 0.15) is 50.2 Å². The van der Waals surface area contributed by atoms with Gasteiger partial charge in [0.25, 0.3) is 0 Å². The molecule has 19 heavy (non-hydrogen) atoms. The molecule has 0 aromatic carbocycles. The minimum Gasteiger partial charge on any atom is -0.300 e. The lowest BCUT2D eigenvalue weighted by molar-refractivity contribution is 0.179. The van der Waals surface area contributed by atoms with Gasteiger partial charge in [-0.25, -0.2) is 4.98 Å². The van der Waals surface area contributed by atoms with Gasteiger partial charge in [-0.15, -0.1) is 22.9 Å². The third-order valence-corrected chi connectivity index (χ3v) is 5.02. The van der Waals surface area contributed by atoms with Crippen LogP contribution < -0.4 is 0 Å². The predicted molar refractivity (Wildman–Crippen MR) is 84.0 cm³/mol. The van der Waals surface area contributed by atoms with Crippen molar-refractivity contribution >= 4 is 22.9 Å². The number of halogens is 1. The smallest absolute Gasteiger partial charge is 0.0941 e. The molecule has 108 valence electrons. The fourth-order valence-corrected chi connectivity index (χ4v) is 3.94. The number of thiazole rings is 1. The van der Waals surface area contributed by atoms with Crippen LogP contribution in [0.3, 0.4) is 0 Å². The lowest BCUT2D eigenvalue weighted by atomic mass is 10.1. The first kappa shape index (κ1) is 15.3. The normalized spacial score (nSPS) is 16.9. The number of hydrogen-bond acceptors (Lipinski definition) is 3. The van der Waals surface area contributed by atoms with Crippen LogP contribution in [0.4, 0.5) is 0 Å². The second kappa shape index (κ2) is 7.61. The van der Waals surface area contributed by atoms with E-state index in [1.807, 2.05) is 0 Å². The van der Waals surface area contributed by atoms with Gasteiger partial charge < -0.3 is 0 Å². The SMILES string of the molecule is CC(C)CN(CCc1nc(CCl)cs1)C1CCCC1. The van der Waals surface area contributed by atoms with E-state index in [4.69, 9.17) is 11.6 Å². The van der Waals surface area contributed by atoms with Crippen molar-refractivity contribution in [3.8, 4) is 0 Å². The first-order valence-electron chi connectivity index (χ1n) is 7.42. The summed E-state index contributed by atoms with van der Waals surface area (Å²) in [7, 11) is 0. The molecule has 0 radical (unpaired) electrons. The van der Waals surface area contributed by atoms with Crippen molar-refractivity contribution in [2.45, 2.75) is 57.9 Å². The van der Waals surface area contributed by atoms with Gasteiger partial charge in [0.1, 0.15) is 0 Å². The monoisotopic (exact) mass is 300 g/mol. The molecule has 1 aromatic heterocycles. The van der Waals surface area contributed by atoms with E-state index < -0.39 is 0 Å². The molecule has 0 bridgehead atoms. The van der Waals surface area contributed by atoms with Crippen LogP contribution in [-0.4, -0.2) is 29.0 Å². The zero-order chi connectivity index (χ0) is 13.7. The van der Waals surface area contributed by atoms with Crippen molar-refractivity contribution in [3.05, 3.63) is 16.1 Å². The van der Waals surface area contributed by atoms with Crippen LogP contribution in [0.5, 0.6) is 0 Å². The summed E-state index contributed by atoms with van der Waals surface area (Å²) >= 11 is 7.56. The first-order chi connectivity index (χ1) is 9.19. The molecule has 1 saturated carbocycles. The molecule has 1 heterocycles. The summed E-state index contributed by atoms with van der Waals surface area (Å²) in [5.41, 5.74) is 1.03. The van der Waals surface area contributed by atoms with Crippen LogP contribution >= 0.6 is 22.9 Å². The second-order valence-corrected chi connectivity index (χ2v) is 7.15. The van der Waals surface area contributed by atoms with Crippen LogP contribution in [0.2, 0.25) is 0 Å². The number of nitrogens with zero attached hydrogens (tertiary/aromatic N) is 2. The molecule has 0 spiro atoms. The van der Waals surface area contributed by atoms with Gasteiger partial charge >= 0.3 is 0 Å². The highest BCUT2D eigenvalue weighted by atomic mass is 35.5. The average Bonchev–Trinajstić information content (AvgIpc) is 3.05. The third kappa shape index (κ3) is 4.73. The van der Waals surface area contributed by atoms with Gasteiger partial charge in [0.15, 0.2) is 0 Å². The molecule has 2 rings (SSSR count). The maximum Gasteiger partial charge on any atom is 0.0941 e. The number of alkyl halides is 1. The van der Waals surface area contributed by atoms with Gasteiger partial charge in [-0.2, -0.15) is 0 Å². The molecule has 0 aliphatic heterocycles. The molecular weight excluding hydrogens is 276 g/mol. The largest absolute Gasteiger partial charge is 0.300 e. The van der Waals surface area contributed by atoms with Crippen molar-refractivity contribution in [2.75, 3.05) is 13.1 Å². The van der Waals surface area contributed by atoms with Crippen molar-refractivity contribution in [1.29, 1.82) is 0 Å². The molecule has 0 unspecified atom stereocenters. The highest BCUT2D eigenvalue weighted by molar-refractivity contribution is 7.09. The Morgan fingerprint density at radius 1 is 1.42 bits per heavy atom. The summed E-state index contributed by atoms with van der Waals surface area (Å²) in [5, 5.41) is 3.33. The molecule has 4 heteroatoms. The van der Waals surface area contributed by atoms with Gasteiger partial charge in [-0.05, 0) is 18.8 Å². The standard InChI is InChI=1S/C15H25ClN2S/c1-12(2)10-18(14-5-3-4-6-14)8-7-15-17-13(9-16)11-19-15/h11-12,14H,3-10H2,1-2H3. The van der Waals surface area contributed by atoms with Crippen LogP contribution in [0.25, 0.3) is 0 Å². The van der Waals surface area contributed by atoms with E-state index in [0.29, 0.717) is 5.88 Å². The maximum atomic E-state index is 5.81. The van der Waals surface area contributed by atoms with E-state index >= 15 is 0 Å². The minimum absolute atomic E-state index is 0.537. The molecule has 0 atom stereocenters. The number of rotatable bonds is 7. The van der Waals surface area contributed by atoms with E-state index in [0.717, 1.165) is 30.6 Å². The molecule has 1 fully saturated rings. The minimum atomic E-state index is 0.537. The van der Waals surface area contributed by atoms with Gasteiger partial charge in [-0.1, -0.05) is 26.7 Å². The zero-order valence-corrected chi connectivity index (χ0v) is 13.6. The van der Waals surface area contributed by atoms with Gasteiger partial charge in [0.2, 0.25) is 0 Å². The molecule has 1 aliphatic rings. The first-order valence-corrected chi connectivity index (χ1v) is 8.83. The Bertz CT molecular complexity index is 372. The van der Waals surface area contributed by atoms with Crippen molar-refractivity contribution < 1.29 is 0 Å². The van der Waals surface area contributed by atoms with E-state index in [9.17, 15) is 0 Å². The summed E-state index contributed by atoms with van der Waals surface area (Å²) in [6.45, 7) is 7.00. The molecule has 1 aromatic rings. The van der Waals surface area contributed by atoms with E-state index in [2.05, 4.69) is 29.1 Å².